The lowest BCUT2D eigenvalue weighted by Crippen LogP contribution is -2.32. The zero-order valence-corrected chi connectivity index (χ0v) is 12.3. The molecule has 3 aromatic rings. The molecule has 2 N–H and O–H groups in total. The van der Waals surface area contributed by atoms with Crippen LogP contribution in [0.2, 0.25) is 0 Å². The summed E-state index contributed by atoms with van der Waals surface area (Å²) in [6, 6.07) is 5.43. The van der Waals surface area contributed by atoms with E-state index >= 15 is 0 Å². The van der Waals surface area contributed by atoms with E-state index in [1.807, 2.05) is 6.07 Å². The van der Waals surface area contributed by atoms with Gasteiger partial charge in [0.1, 0.15) is 12.1 Å². The molecule has 2 aromatic heterocycles. The summed E-state index contributed by atoms with van der Waals surface area (Å²) in [6.07, 6.45) is 1.48. The molecule has 5 rings (SSSR count). The van der Waals surface area contributed by atoms with Crippen LogP contribution in [0.1, 0.15) is 23.5 Å². The van der Waals surface area contributed by atoms with Crippen LogP contribution in [0, 0.1) is 0 Å². The Morgan fingerprint density at radius 1 is 1.21 bits per heavy atom. The maximum Gasteiger partial charge on any atom is 0.258 e. The Kier molecular flexibility index (Phi) is 2.50. The number of hydrogen-bond acceptors (Lipinski definition) is 6. The first-order valence-electron chi connectivity index (χ1n) is 7.36. The monoisotopic (exact) mass is 325 g/mol. The standard InChI is InChI=1S/C15H11N5O4/c21-11-4-8(7-1-2-9-10(3-7)24-6-23-9)12-13(18-11)20-15(16-5-17-20)19-14(12)22/h1-3,5,8H,4,6H2,(H,18,21)(H,16,17,19,22)/t8-/m1/s1. The van der Waals surface area contributed by atoms with Gasteiger partial charge in [0.25, 0.3) is 5.56 Å². The Bertz CT molecular complexity index is 1050. The van der Waals surface area contributed by atoms with Gasteiger partial charge < -0.3 is 14.8 Å². The third kappa shape index (κ3) is 1.75. The number of rotatable bonds is 1. The molecule has 0 unspecified atom stereocenters. The highest BCUT2D eigenvalue weighted by molar-refractivity contribution is 5.94. The van der Waals surface area contributed by atoms with Crippen molar-refractivity contribution < 1.29 is 14.3 Å². The second kappa shape index (κ2) is 4.57. The lowest BCUT2D eigenvalue weighted by atomic mass is 9.86. The summed E-state index contributed by atoms with van der Waals surface area (Å²) >= 11 is 0. The van der Waals surface area contributed by atoms with Crippen LogP contribution < -0.4 is 20.3 Å². The normalized spacial score (nSPS) is 18.5. The fourth-order valence-electron chi connectivity index (χ4n) is 3.21. The molecule has 9 nitrogen and oxygen atoms in total. The highest BCUT2D eigenvalue weighted by atomic mass is 16.7. The van der Waals surface area contributed by atoms with Gasteiger partial charge in [-0.25, -0.2) is 0 Å². The first-order chi connectivity index (χ1) is 11.7. The third-order valence-electron chi connectivity index (χ3n) is 4.28. The zero-order valence-electron chi connectivity index (χ0n) is 12.3. The molecule has 0 bridgehead atoms. The van der Waals surface area contributed by atoms with Crippen molar-refractivity contribution in [1.29, 1.82) is 0 Å². The predicted molar refractivity (Wildman–Crippen MR) is 81.3 cm³/mol. The van der Waals surface area contributed by atoms with Gasteiger partial charge in [0.15, 0.2) is 11.5 Å². The summed E-state index contributed by atoms with van der Waals surface area (Å²) in [5, 5.41) is 6.80. The molecule has 2 aliphatic heterocycles. The van der Waals surface area contributed by atoms with E-state index in [4.69, 9.17) is 9.47 Å². The summed E-state index contributed by atoms with van der Waals surface area (Å²) in [5.74, 6) is 1.31. The van der Waals surface area contributed by atoms with E-state index in [2.05, 4.69) is 20.4 Å². The van der Waals surface area contributed by atoms with E-state index in [0.29, 0.717) is 22.9 Å². The van der Waals surface area contributed by atoms with Crippen LogP contribution >= 0.6 is 0 Å². The summed E-state index contributed by atoms with van der Waals surface area (Å²) in [7, 11) is 0. The molecule has 120 valence electrons. The topological polar surface area (TPSA) is 111 Å². The Hall–Kier alpha value is -3.36. The zero-order chi connectivity index (χ0) is 16.3. The van der Waals surface area contributed by atoms with Gasteiger partial charge >= 0.3 is 0 Å². The third-order valence-corrected chi connectivity index (χ3v) is 4.28. The van der Waals surface area contributed by atoms with Gasteiger partial charge in [-0.3, -0.25) is 14.6 Å². The molecule has 0 saturated heterocycles. The SMILES string of the molecule is O=C1C[C@H](c2ccc3c(c2)OCO3)c2c(n3ncnc3[nH]c2=O)N1. The number of nitrogens with zero attached hydrogens (tertiary/aromatic N) is 3. The molecular formula is C15H11N5O4. The van der Waals surface area contributed by atoms with Crippen LogP contribution in [-0.4, -0.2) is 32.3 Å². The lowest BCUT2D eigenvalue weighted by molar-refractivity contribution is -0.116. The number of aromatic amines is 1. The van der Waals surface area contributed by atoms with Crippen LogP contribution in [0.3, 0.4) is 0 Å². The molecular weight excluding hydrogens is 314 g/mol. The highest BCUT2D eigenvalue weighted by Crippen LogP contribution is 2.39. The van der Waals surface area contributed by atoms with Crippen molar-refractivity contribution in [2.75, 3.05) is 12.1 Å². The first kappa shape index (κ1) is 13.1. The Balaban J connectivity index is 1.74. The second-order valence-electron chi connectivity index (χ2n) is 5.63. The average Bonchev–Trinajstić information content (AvgIpc) is 3.21. The van der Waals surface area contributed by atoms with Crippen molar-refractivity contribution >= 4 is 17.5 Å². The summed E-state index contributed by atoms with van der Waals surface area (Å²) in [4.78, 5) is 31.4. The molecule has 0 radical (unpaired) electrons. The smallest absolute Gasteiger partial charge is 0.258 e. The maximum absolute atomic E-state index is 12.6. The second-order valence-corrected chi connectivity index (χ2v) is 5.63. The summed E-state index contributed by atoms with van der Waals surface area (Å²) in [5.41, 5.74) is 0.958. The number of carbonyl (C=O) groups is 1. The number of nitrogens with one attached hydrogen (secondary N) is 2. The quantitative estimate of drug-likeness (QED) is 0.678. The van der Waals surface area contributed by atoms with Gasteiger partial charge in [-0.05, 0) is 17.7 Å². The van der Waals surface area contributed by atoms with Crippen molar-refractivity contribution in [2.24, 2.45) is 0 Å². The van der Waals surface area contributed by atoms with Crippen molar-refractivity contribution in [3.8, 4) is 11.5 Å². The molecule has 24 heavy (non-hydrogen) atoms. The number of ether oxygens (including phenoxy) is 2. The maximum atomic E-state index is 12.6. The summed E-state index contributed by atoms with van der Waals surface area (Å²) in [6.45, 7) is 0.167. The van der Waals surface area contributed by atoms with E-state index in [-0.39, 0.29) is 30.5 Å². The molecule has 9 heteroatoms. The van der Waals surface area contributed by atoms with Gasteiger partial charge in [-0.2, -0.15) is 14.6 Å². The number of amides is 1. The highest BCUT2D eigenvalue weighted by Gasteiger charge is 2.32. The number of benzene rings is 1. The molecule has 0 fully saturated rings. The number of hydrogen-bond donors (Lipinski definition) is 2. The van der Waals surface area contributed by atoms with Crippen LogP contribution in [0.5, 0.6) is 11.5 Å². The summed E-state index contributed by atoms with van der Waals surface area (Å²) < 4.78 is 12.1. The van der Waals surface area contributed by atoms with Crippen molar-refractivity contribution in [1.82, 2.24) is 19.6 Å². The predicted octanol–water partition coefficient (Wildman–Crippen LogP) is 0.620. The van der Waals surface area contributed by atoms with Crippen molar-refractivity contribution in [3.63, 3.8) is 0 Å². The van der Waals surface area contributed by atoms with Crippen molar-refractivity contribution in [2.45, 2.75) is 12.3 Å². The van der Waals surface area contributed by atoms with E-state index in [1.165, 1.54) is 10.8 Å². The van der Waals surface area contributed by atoms with Gasteiger partial charge in [-0.1, -0.05) is 6.07 Å². The minimum atomic E-state index is -0.402. The molecule has 0 saturated carbocycles. The minimum absolute atomic E-state index is 0.163. The molecule has 1 atom stereocenters. The Morgan fingerprint density at radius 2 is 2.08 bits per heavy atom. The fraction of sp³-hybridized carbons (Fsp3) is 0.200. The van der Waals surface area contributed by atoms with Gasteiger partial charge in [-0.15, -0.1) is 0 Å². The average molecular weight is 325 g/mol. The number of H-pyrrole nitrogens is 1. The molecule has 0 spiro atoms. The van der Waals surface area contributed by atoms with Crippen LogP contribution in [0.4, 0.5) is 5.82 Å². The largest absolute Gasteiger partial charge is 0.454 e. The van der Waals surface area contributed by atoms with E-state index in [1.54, 1.807) is 12.1 Å². The minimum Gasteiger partial charge on any atom is -0.454 e. The van der Waals surface area contributed by atoms with Gasteiger partial charge in [0.2, 0.25) is 18.5 Å². The van der Waals surface area contributed by atoms with E-state index in [0.717, 1.165) is 5.56 Å². The number of aromatic nitrogens is 4. The first-order valence-corrected chi connectivity index (χ1v) is 7.36. The van der Waals surface area contributed by atoms with Crippen LogP contribution in [0.25, 0.3) is 5.78 Å². The van der Waals surface area contributed by atoms with Crippen LogP contribution in [-0.2, 0) is 4.79 Å². The Morgan fingerprint density at radius 3 is 3.00 bits per heavy atom. The lowest BCUT2D eigenvalue weighted by Gasteiger charge is -2.25. The van der Waals surface area contributed by atoms with Gasteiger partial charge in [0.05, 0.1) is 5.56 Å². The fourth-order valence-corrected chi connectivity index (χ4v) is 3.21. The van der Waals surface area contributed by atoms with Crippen molar-refractivity contribution in [3.05, 3.63) is 46.0 Å². The van der Waals surface area contributed by atoms with Gasteiger partial charge in [0, 0.05) is 12.3 Å². The number of carbonyl (C=O) groups excluding carboxylic acids is 1. The molecule has 0 aliphatic carbocycles. The molecule has 2 aliphatic rings. The van der Waals surface area contributed by atoms with E-state index in [9.17, 15) is 9.59 Å². The number of fused-ring (bicyclic) bond motifs is 4. The molecule has 1 amide bonds. The molecule has 1 aromatic carbocycles. The van der Waals surface area contributed by atoms with Crippen LogP contribution in [0.15, 0.2) is 29.3 Å². The Labute approximate surface area is 134 Å². The number of anilines is 1. The molecule has 4 heterocycles. The van der Waals surface area contributed by atoms with E-state index < -0.39 is 5.92 Å².